The number of amides is 1. The molecular weight excluding hydrogens is 425 g/mol. The van der Waals surface area contributed by atoms with Crippen molar-refractivity contribution in [2.45, 2.75) is 59.6 Å². The van der Waals surface area contributed by atoms with Crippen molar-refractivity contribution in [3.63, 3.8) is 0 Å². The molecule has 2 heterocycles. The summed E-state index contributed by atoms with van der Waals surface area (Å²) in [5.41, 5.74) is 4.93. The smallest absolute Gasteiger partial charge is 0.350 e. The number of alkyl halides is 3. The van der Waals surface area contributed by atoms with Gasteiger partial charge in [0.1, 0.15) is 5.69 Å². The monoisotopic (exact) mass is 456 g/mol. The summed E-state index contributed by atoms with van der Waals surface area (Å²) in [6.45, 7) is 9.40. The van der Waals surface area contributed by atoms with Crippen LogP contribution in [0.3, 0.4) is 0 Å². The van der Waals surface area contributed by atoms with Crippen molar-refractivity contribution in [2.75, 3.05) is 13.1 Å². The van der Waals surface area contributed by atoms with Gasteiger partial charge in [-0.2, -0.15) is 13.2 Å². The van der Waals surface area contributed by atoms with Crippen molar-refractivity contribution in [3.8, 4) is 0 Å². The fourth-order valence-electron chi connectivity index (χ4n) is 5.28. The molecule has 1 aliphatic heterocycles. The van der Waals surface area contributed by atoms with Gasteiger partial charge in [-0.1, -0.05) is 43.2 Å². The Morgan fingerprint density at radius 1 is 1.09 bits per heavy atom. The van der Waals surface area contributed by atoms with E-state index in [0.717, 1.165) is 47.4 Å². The highest BCUT2D eigenvalue weighted by molar-refractivity contribution is 6.01. The van der Waals surface area contributed by atoms with E-state index in [-0.39, 0.29) is 11.3 Å². The van der Waals surface area contributed by atoms with Crippen LogP contribution in [0.1, 0.15) is 64.5 Å². The van der Waals surface area contributed by atoms with Gasteiger partial charge < -0.3 is 9.88 Å². The maximum Gasteiger partial charge on any atom is 0.416 e. The van der Waals surface area contributed by atoms with E-state index in [1.165, 1.54) is 17.7 Å². The minimum Gasteiger partial charge on any atom is -0.350 e. The first-order valence-electron chi connectivity index (χ1n) is 11.6. The van der Waals surface area contributed by atoms with Crippen molar-refractivity contribution in [1.29, 1.82) is 0 Å². The van der Waals surface area contributed by atoms with Crippen LogP contribution in [0.15, 0.2) is 36.4 Å². The van der Waals surface area contributed by atoms with E-state index in [1.807, 2.05) is 18.7 Å². The van der Waals surface area contributed by atoms with Crippen LogP contribution in [0.5, 0.6) is 0 Å². The third-order valence-electron chi connectivity index (χ3n) is 7.42. The molecule has 1 fully saturated rings. The lowest BCUT2D eigenvalue weighted by molar-refractivity contribution is -0.137. The number of carbonyl (C=O) groups is 1. The standard InChI is InChI=1S/C27H31F3N2O/c1-5-26(16-20-7-6-8-21(15-20)27(28,29)30)9-11-32(12-10-26)25(33)24-19(4)22-14-17(2)13-18(3)23(22)31-24/h6-8,13-15,31H,5,9-12,16H2,1-4H3. The molecule has 1 aliphatic rings. The van der Waals surface area contributed by atoms with Crippen LogP contribution in [-0.2, 0) is 12.6 Å². The largest absolute Gasteiger partial charge is 0.416 e. The molecule has 33 heavy (non-hydrogen) atoms. The summed E-state index contributed by atoms with van der Waals surface area (Å²) < 4.78 is 39.4. The highest BCUT2D eigenvalue weighted by atomic mass is 19.4. The molecule has 4 rings (SSSR count). The van der Waals surface area contributed by atoms with Gasteiger partial charge in [-0.15, -0.1) is 0 Å². The maximum atomic E-state index is 13.4. The molecule has 0 radical (unpaired) electrons. The number of carbonyl (C=O) groups excluding carboxylic acids is 1. The second-order valence-corrected chi connectivity index (χ2v) is 9.65. The fourth-order valence-corrected chi connectivity index (χ4v) is 5.28. The number of aryl methyl sites for hydroxylation is 3. The number of halogens is 3. The number of aromatic amines is 1. The Kier molecular flexibility index (Phi) is 6.06. The highest BCUT2D eigenvalue weighted by Crippen LogP contribution is 2.40. The zero-order valence-electron chi connectivity index (χ0n) is 19.7. The van der Waals surface area contributed by atoms with E-state index < -0.39 is 11.7 Å². The molecule has 1 N–H and O–H groups in total. The number of hydrogen-bond donors (Lipinski definition) is 1. The SMILES string of the molecule is CCC1(Cc2cccc(C(F)(F)F)c2)CCN(C(=O)c2[nH]c3c(C)cc(C)cc3c2C)CC1. The fraction of sp³-hybridized carbons (Fsp3) is 0.444. The van der Waals surface area contributed by atoms with E-state index in [9.17, 15) is 18.0 Å². The molecule has 0 bridgehead atoms. The number of hydrogen-bond acceptors (Lipinski definition) is 1. The van der Waals surface area contributed by atoms with Crippen molar-refractivity contribution < 1.29 is 18.0 Å². The number of fused-ring (bicyclic) bond motifs is 1. The molecule has 6 heteroatoms. The van der Waals surface area contributed by atoms with Crippen molar-refractivity contribution in [1.82, 2.24) is 9.88 Å². The van der Waals surface area contributed by atoms with Gasteiger partial charge in [0.15, 0.2) is 0 Å². The second kappa shape index (κ2) is 8.54. The van der Waals surface area contributed by atoms with Gasteiger partial charge in [0.05, 0.1) is 5.56 Å². The lowest BCUT2D eigenvalue weighted by Crippen LogP contribution is -2.44. The van der Waals surface area contributed by atoms with E-state index in [2.05, 4.69) is 31.0 Å². The van der Waals surface area contributed by atoms with E-state index in [1.54, 1.807) is 6.07 Å². The first-order chi connectivity index (χ1) is 15.5. The van der Waals surface area contributed by atoms with E-state index >= 15 is 0 Å². The Morgan fingerprint density at radius 2 is 1.79 bits per heavy atom. The number of H-pyrrole nitrogens is 1. The van der Waals surface area contributed by atoms with Gasteiger partial charge in [-0.25, -0.2) is 0 Å². The molecule has 3 aromatic rings. The summed E-state index contributed by atoms with van der Waals surface area (Å²) in [4.78, 5) is 18.6. The van der Waals surface area contributed by atoms with Crippen LogP contribution in [0.4, 0.5) is 13.2 Å². The highest BCUT2D eigenvalue weighted by Gasteiger charge is 2.36. The Balaban J connectivity index is 1.51. The van der Waals surface area contributed by atoms with Crippen molar-refractivity contribution in [3.05, 3.63) is 69.9 Å². The minimum absolute atomic E-state index is 0.00419. The summed E-state index contributed by atoms with van der Waals surface area (Å²) in [5, 5.41) is 1.08. The Morgan fingerprint density at radius 3 is 2.42 bits per heavy atom. The molecule has 0 atom stereocenters. The van der Waals surface area contributed by atoms with Gasteiger partial charge in [-0.05, 0) is 74.3 Å². The Hall–Kier alpha value is -2.76. The molecule has 0 saturated carbocycles. The first-order valence-corrected chi connectivity index (χ1v) is 11.6. The minimum atomic E-state index is -4.33. The molecule has 176 valence electrons. The number of rotatable bonds is 4. The van der Waals surface area contributed by atoms with Crippen LogP contribution in [0.2, 0.25) is 0 Å². The van der Waals surface area contributed by atoms with E-state index in [4.69, 9.17) is 0 Å². The van der Waals surface area contributed by atoms with Gasteiger partial charge in [0.2, 0.25) is 0 Å². The van der Waals surface area contributed by atoms with Gasteiger partial charge in [-0.3, -0.25) is 4.79 Å². The first kappa shape index (κ1) is 23.4. The third-order valence-corrected chi connectivity index (χ3v) is 7.42. The van der Waals surface area contributed by atoms with Gasteiger partial charge in [0.25, 0.3) is 5.91 Å². The number of piperidine rings is 1. The molecule has 1 amide bonds. The zero-order chi connectivity index (χ0) is 24.0. The molecule has 1 aromatic heterocycles. The van der Waals surface area contributed by atoms with Crippen LogP contribution in [0.25, 0.3) is 10.9 Å². The van der Waals surface area contributed by atoms with Crippen LogP contribution >= 0.6 is 0 Å². The van der Waals surface area contributed by atoms with Crippen LogP contribution < -0.4 is 0 Å². The average molecular weight is 457 g/mol. The number of benzene rings is 2. The maximum absolute atomic E-state index is 13.4. The van der Waals surface area contributed by atoms with Crippen molar-refractivity contribution in [2.24, 2.45) is 5.41 Å². The second-order valence-electron chi connectivity index (χ2n) is 9.65. The van der Waals surface area contributed by atoms with Gasteiger partial charge >= 0.3 is 6.18 Å². The number of nitrogens with zero attached hydrogens (tertiary/aromatic N) is 1. The Labute approximate surface area is 193 Å². The van der Waals surface area contributed by atoms with Crippen molar-refractivity contribution >= 4 is 16.8 Å². The summed E-state index contributed by atoms with van der Waals surface area (Å²) in [6, 6.07) is 9.88. The van der Waals surface area contributed by atoms with Gasteiger partial charge in [0, 0.05) is 24.0 Å². The lowest BCUT2D eigenvalue weighted by Gasteiger charge is -2.41. The number of aromatic nitrogens is 1. The van der Waals surface area contributed by atoms with Crippen LogP contribution in [0, 0.1) is 26.2 Å². The average Bonchev–Trinajstić information content (AvgIpc) is 3.10. The quantitative estimate of drug-likeness (QED) is 0.451. The lowest BCUT2D eigenvalue weighted by atomic mass is 9.72. The zero-order valence-corrected chi connectivity index (χ0v) is 19.7. The molecule has 1 saturated heterocycles. The predicted molar refractivity (Wildman–Crippen MR) is 126 cm³/mol. The van der Waals surface area contributed by atoms with Crippen LogP contribution in [-0.4, -0.2) is 28.9 Å². The Bertz CT molecular complexity index is 1180. The topological polar surface area (TPSA) is 36.1 Å². The summed E-state index contributed by atoms with van der Waals surface area (Å²) in [6.07, 6.45) is -1.31. The number of nitrogens with one attached hydrogen (secondary N) is 1. The normalized spacial score (nSPS) is 16.4. The molecule has 0 spiro atoms. The predicted octanol–water partition coefficient (Wildman–Crippen LogP) is 6.99. The summed E-state index contributed by atoms with van der Waals surface area (Å²) in [5.74, 6) is 0.00419. The summed E-state index contributed by atoms with van der Waals surface area (Å²) >= 11 is 0. The third kappa shape index (κ3) is 4.53. The molecular formula is C27H31F3N2O. The molecule has 3 nitrogen and oxygen atoms in total. The summed E-state index contributed by atoms with van der Waals surface area (Å²) in [7, 11) is 0. The molecule has 2 aromatic carbocycles. The molecule has 0 unspecified atom stereocenters. The van der Waals surface area contributed by atoms with E-state index in [0.29, 0.717) is 30.8 Å². The molecule has 0 aliphatic carbocycles. The number of likely N-dealkylation sites (tertiary alicyclic amines) is 1.